The first kappa shape index (κ1) is 19.2. The molecule has 1 aliphatic rings. The number of hydrogen-bond acceptors (Lipinski definition) is 8. The van der Waals surface area contributed by atoms with Gasteiger partial charge in [0.1, 0.15) is 18.6 Å². The van der Waals surface area contributed by atoms with Crippen molar-refractivity contribution in [1.29, 1.82) is 0 Å². The Balaban J connectivity index is 1.52. The van der Waals surface area contributed by atoms with Crippen LogP contribution in [0.5, 0.6) is 0 Å². The van der Waals surface area contributed by atoms with Gasteiger partial charge in [-0.05, 0) is 25.0 Å². The highest BCUT2D eigenvalue weighted by Gasteiger charge is 2.32. The lowest BCUT2D eigenvalue weighted by atomic mass is 10.2. The molecule has 0 bridgehead atoms. The fraction of sp³-hybridized carbons (Fsp3) is 0.368. The molecule has 4 heterocycles. The molecule has 12 nitrogen and oxygen atoms in total. The van der Waals surface area contributed by atoms with Crippen molar-refractivity contribution in [3.8, 4) is 0 Å². The van der Waals surface area contributed by atoms with Gasteiger partial charge in [0.15, 0.2) is 17.0 Å². The Hall–Kier alpha value is -3.80. The number of carbonyl (C=O) groups excluding carboxylic acids is 1. The van der Waals surface area contributed by atoms with Crippen LogP contribution < -0.4 is 16.4 Å². The Bertz CT molecular complexity index is 1360. The Labute approximate surface area is 175 Å². The van der Waals surface area contributed by atoms with Gasteiger partial charge in [-0.25, -0.2) is 9.20 Å². The van der Waals surface area contributed by atoms with E-state index in [4.69, 9.17) is 0 Å². The van der Waals surface area contributed by atoms with Gasteiger partial charge in [-0.3, -0.25) is 24.7 Å². The second-order valence-electron chi connectivity index (χ2n) is 7.94. The molecule has 12 heteroatoms. The summed E-state index contributed by atoms with van der Waals surface area (Å²) in [5.74, 6) is 0.253. The first-order valence-corrected chi connectivity index (χ1v) is 9.99. The molecule has 0 atom stereocenters. The van der Waals surface area contributed by atoms with Gasteiger partial charge in [0.2, 0.25) is 5.91 Å². The van der Waals surface area contributed by atoms with Gasteiger partial charge in [0, 0.05) is 18.0 Å². The zero-order valence-corrected chi connectivity index (χ0v) is 17.0. The average molecular weight is 423 g/mol. The average Bonchev–Trinajstić information content (AvgIpc) is 3.35. The molecule has 5 rings (SSSR count). The van der Waals surface area contributed by atoms with E-state index in [2.05, 4.69) is 31.2 Å². The number of rotatable bonds is 6. The van der Waals surface area contributed by atoms with Crippen molar-refractivity contribution in [3.63, 3.8) is 0 Å². The molecule has 0 radical (unpaired) electrons. The van der Waals surface area contributed by atoms with E-state index in [0.717, 1.165) is 17.5 Å². The molecule has 1 fully saturated rings. The maximum atomic E-state index is 13.2. The zero-order chi connectivity index (χ0) is 21.7. The third-order valence-corrected chi connectivity index (χ3v) is 5.25. The molecule has 31 heavy (non-hydrogen) atoms. The Morgan fingerprint density at radius 3 is 2.81 bits per heavy atom. The third-order valence-electron chi connectivity index (χ3n) is 5.25. The molecule has 3 N–H and O–H groups in total. The van der Waals surface area contributed by atoms with Crippen molar-refractivity contribution in [2.45, 2.75) is 45.1 Å². The summed E-state index contributed by atoms with van der Waals surface area (Å²) in [6, 6.07) is 3.42. The second kappa shape index (κ2) is 7.16. The third kappa shape index (κ3) is 3.30. The number of anilines is 2. The molecule has 160 valence electrons. The summed E-state index contributed by atoms with van der Waals surface area (Å²) in [6.07, 6.45) is 5.12. The van der Waals surface area contributed by atoms with E-state index < -0.39 is 11.5 Å². The molecule has 0 unspecified atom stereocenters. The monoisotopic (exact) mass is 423 g/mol. The van der Waals surface area contributed by atoms with Gasteiger partial charge in [0.25, 0.3) is 5.56 Å². The fourth-order valence-electron chi connectivity index (χ4n) is 3.59. The molecule has 0 aromatic carbocycles. The number of fused-ring (bicyclic) bond motifs is 2. The summed E-state index contributed by atoms with van der Waals surface area (Å²) < 4.78 is 4.26. The van der Waals surface area contributed by atoms with Crippen molar-refractivity contribution < 1.29 is 10.0 Å². The van der Waals surface area contributed by atoms with Crippen molar-refractivity contribution in [1.82, 2.24) is 34.0 Å². The van der Waals surface area contributed by atoms with Gasteiger partial charge < -0.3 is 5.32 Å². The minimum atomic E-state index is -0.509. The normalized spacial score (nSPS) is 13.9. The summed E-state index contributed by atoms with van der Waals surface area (Å²) in [5.41, 5.74) is 3.93. The number of nitrogens with one attached hydrogen (secondary N) is 2. The van der Waals surface area contributed by atoms with E-state index in [1.54, 1.807) is 22.7 Å². The number of aromatic nitrogens is 7. The minimum absolute atomic E-state index is 0.0629. The number of amides is 1. The van der Waals surface area contributed by atoms with Crippen LogP contribution in [0.3, 0.4) is 0 Å². The highest BCUT2D eigenvalue weighted by Crippen LogP contribution is 2.43. The zero-order valence-electron chi connectivity index (χ0n) is 17.0. The molecule has 4 aromatic heterocycles. The SMILES string of the molecule is CC(C)c1nn(CC(=O)Nc2ccc3nncn3c2)c(=O)c2c(NO)c(C3CC3)nn12. The molecule has 1 amide bonds. The lowest BCUT2D eigenvalue weighted by molar-refractivity contribution is -0.117. The lowest BCUT2D eigenvalue weighted by Gasteiger charge is -2.12. The second-order valence-corrected chi connectivity index (χ2v) is 7.94. The molecule has 0 saturated heterocycles. The van der Waals surface area contributed by atoms with Crippen LogP contribution in [-0.2, 0) is 11.3 Å². The molecule has 1 saturated carbocycles. The number of pyridine rings is 1. The lowest BCUT2D eigenvalue weighted by Crippen LogP contribution is -2.33. The van der Waals surface area contributed by atoms with Gasteiger partial charge >= 0.3 is 0 Å². The van der Waals surface area contributed by atoms with Crippen LogP contribution in [0.15, 0.2) is 29.5 Å². The predicted octanol–water partition coefficient (Wildman–Crippen LogP) is 1.37. The van der Waals surface area contributed by atoms with Crippen LogP contribution in [0.25, 0.3) is 11.2 Å². The van der Waals surface area contributed by atoms with E-state index in [1.165, 1.54) is 10.8 Å². The largest absolute Gasteiger partial charge is 0.323 e. The quantitative estimate of drug-likeness (QED) is 0.395. The summed E-state index contributed by atoms with van der Waals surface area (Å²) in [4.78, 5) is 25.8. The van der Waals surface area contributed by atoms with Crippen molar-refractivity contribution in [2.24, 2.45) is 0 Å². The van der Waals surface area contributed by atoms with Crippen LogP contribution in [0.2, 0.25) is 0 Å². The Kier molecular flexibility index (Phi) is 4.43. The number of nitrogens with zero attached hydrogens (tertiary/aromatic N) is 7. The van der Waals surface area contributed by atoms with Crippen LogP contribution in [0.1, 0.15) is 50.0 Å². The van der Waals surface area contributed by atoms with Gasteiger partial charge in [-0.1, -0.05) is 13.8 Å². The molecular formula is C19H21N9O3. The summed E-state index contributed by atoms with van der Waals surface area (Å²) >= 11 is 0. The summed E-state index contributed by atoms with van der Waals surface area (Å²) in [6.45, 7) is 3.56. The topological polar surface area (TPSA) is 144 Å². The Morgan fingerprint density at radius 1 is 1.29 bits per heavy atom. The fourth-order valence-corrected chi connectivity index (χ4v) is 3.59. The van der Waals surface area contributed by atoms with Crippen LogP contribution >= 0.6 is 0 Å². The molecule has 0 aliphatic heterocycles. The minimum Gasteiger partial charge on any atom is -0.323 e. The van der Waals surface area contributed by atoms with Crippen LogP contribution in [0, 0.1) is 0 Å². The van der Waals surface area contributed by atoms with E-state index in [1.807, 2.05) is 13.8 Å². The standard InChI is InChI=1S/C19H21N9O3/c1-10(2)18-24-27(8-14(29)21-12-5-6-13-22-20-9-26(13)7-12)19(30)17-16(25-31)15(11-3-4-11)23-28(17)18/h5-7,9-11,25,31H,3-4,8H2,1-2H3,(H,21,29). The highest BCUT2D eigenvalue weighted by molar-refractivity contribution is 5.90. The predicted molar refractivity (Wildman–Crippen MR) is 110 cm³/mol. The maximum Gasteiger partial charge on any atom is 0.295 e. The Morgan fingerprint density at radius 2 is 2.10 bits per heavy atom. The van der Waals surface area contributed by atoms with Crippen molar-refractivity contribution >= 4 is 28.4 Å². The van der Waals surface area contributed by atoms with Crippen LogP contribution in [0.4, 0.5) is 11.4 Å². The summed E-state index contributed by atoms with van der Waals surface area (Å²) in [5, 5.41) is 29.1. The van der Waals surface area contributed by atoms with E-state index >= 15 is 0 Å². The number of carbonyl (C=O) groups is 1. The van der Waals surface area contributed by atoms with Gasteiger partial charge in [-0.2, -0.15) is 10.2 Å². The molecular weight excluding hydrogens is 402 g/mol. The molecule has 0 spiro atoms. The van der Waals surface area contributed by atoms with E-state index in [9.17, 15) is 14.8 Å². The smallest absolute Gasteiger partial charge is 0.295 e. The maximum absolute atomic E-state index is 13.2. The van der Waals surface area contributed by atoms with Crippen LogP contribution in [-0.4, -0.2) is 45.1 Å². The van der Waals surface area contributed by atoms with Crippen molar-refractivity contribution in [3.05, 3.63) is 46.5 Å². The molecule has 1 aliphatic carbocycles. The van der Waals surface area contributed by atoms with Gasteiger partial charge in [0.05, 0.1) is 11.4 Å². The van der Waals surface area contributed by atoms with E-state index in [0.29, 0.717) is 22.9 Å². The van der Waals surface area contributed by atoms with Gasteiger partial charge in [-0.15, -0.1) is 10.2 Å². The first-order valence-electron chi connectivity index (χ1n) is 9.99. The summed E-state index contributed by atoms with van der Waals surface area (Å²) in [7, 11) is 0. The highest BCUT2D eigenvalue weighted by atomic mass is 16.5. The number of hydrogen-bond donors (Lipinski definition) is 3. The van der Waals surface area contributed by atoms with E-state index in [-0.39, 0.29) is 29.6 Å². The first-order chi connectivity index (χ1) is 15.0. The van der Waals surface area contributed by atoms with Crippen molar-refractivity contribution in [2.75, 3.05) is 10.8 Å². The molecule has 4 aromatic rings.